The molecular weight excluding hydrogens is 290 g/mol. The van der Waals surface area contributed by atoms with Gasteiger partial charge < -0.3 is 5.32 Å². The van der Waals surface area contributed by atoms with Gasteiger partial charge in [0.25, 0.3) is 0 Å². The Hall–Kier alpha value is -1.91. The maximum absolute atomic E-state index is 12.0. The molecule has 0 aromatic heterocycles. The second-order valence-corrected chi connectivity index (χ2v) is 6.94. The number of hydrogen-bond acceptors (Lipinski definition) is 4. The van der Waals surface area contributed by atoms with Crippen molar-refractivity contribution in [3.63, 3.8) is 0 Å². The van der Waals surface area contributed by atoms with Gasteiger partial charge in [-0.05, 0) is 37.5 Å². The number of carbonyl (C=O) groups excluding carboxylic acids is 1. The maximum atomic E-state index is 12.0. The van der Waals surface area contributed by atoms with E-state index >= 15 is 0 Å². The summed E-state index contributed by atoms with van der Waals surface area (Å²) in [5.74, 6) is -0.527. The predicted molar refractivity (Wildman–Crippen MR) is 77.5 cm³/mol. The van der Waals surface area contributed by atoms with E-state index in [2.05, 4.69) is 10.0 Å². The van der Waals surface area contributed by atoms with E-state index in [0.29, 0.717) is 11.1 Å². The molecule has 2 N–H and O–H groups in total. The number of amides is 1. The number of nitrogens with one attached hydrogen (secondary N) is 2. The van der Waals surface area contributed by atoms with Gasteiger partial charge in [-0.25, -0.2) is 13.1 Å². The fourth-order valence-corrected chi connectivity index (χ4v) is 3.17. The van der Waals surface area contributed by atoms with Gasteiger partial charge in [0.05, 0.1) is 23.4 Å². The van der Waals surface area contributed by atoms with Gasteiger partial charge >= 0.3 is 0 Å². The predicted octanol–water partition coefficient (Wildman–Crippen LogP) is 0.645. The Morgan fingerprint density at radius 1 is 1.38 bits per heavy atom. The molecule has 0 heterocycles. The zero-order valence-corrected chi connectivity index (χ0v) is 12.5. The third-order valence-electron chi connectivity index (χ3n) is 3.11. The lowest BCUT2D eigenvalue weighted by atomic mass is 10.2. The summed E-state index contributed by atoms with van der Waals surface area (Å²) in [4.78, 5) is 11.7. The monoisotopic (exact) mass is 307 g/mol. The number of benzene rings is 1. The SMILES string of the molecule is CC(NS(=O)(=O)Cc1ccc(C#N)cc1)C(=O)NC1CC1. The Morgan fingerprint density at radius 3 is 2.52 bits per heavy atom. The fourth-order valence-electron chi connectivity index (χ4n) is 1.81. The van der Waals surface area contributed by atoms with Crippen molar-refractivity contribution in [2.75, 3.05) is 0 Å². The molecule has 112 valence electrons. The number of nitrogens with zero attached hydrogens (tertiary/aromatic N) is 1. The minimum Gasteiger partial charge on any atom is -0.352 e. The molecule has 0 saturated heterocycles. The largest absolute Gasteiger partial charge is 0.352 e. The summed E-state index contributed by atoms with van der Waals surface area (Å²) in [6, 6.07) is 7.68. The van der Waals surface area contributed by atoms with Crippen molar-refractivity contribution in [2.24, 2.45) is 0 Å². The summed E-state index contributed by atoms with van der Waals surface area (Å²) in [6.45, 7) is 1.52. The van der Waals surface area contributed by atoms with Crippen molar-refractivity contribution in [1.82, 2.24) is 10.0 Å². The first-order chi connectivity index (χ1) is 9.89. The summed E-state index contributed by atoms with van der Waals surface area (Å²) >= 11 is 0. The molecule has 1 aliphatic carbocycles. The molecule has 2 rings (SSSR count). The highest BCUT2D eigenvalue weighted by Crippen LogP contribution is 2.18. The van der Waals surface area contributed by atoms with Crippen LogP contribution >= 0.6 is 0 Å². The van der Waals surface area contributed by atoms with Crippen LogP contribution in [0.1, 0.15) is 30.9 Å². The van der Waals surface area contributed by atoms with Crippen LogP contribution in [-0.4, -0.2) is 26.4 Å². The standard InChI is InChI=1S/C14H17N3O3S/c1-10(14(18)16-13-6-7-13)17-21(19,20)9-12-4-2-11(8-15)3-5-12/h2-5,10,13,17H,6-7,9H2,1H3,(H,16,18). The summed E-state index contributed by atoms with van der Waals surface area (Å²) in [6.07, 6.45) is 1.91. The molecule has 0 radical (unpaired) electrons. The number of sulfonamides is 1. The van der Waals surface area contributed by atoms with Crippen LogP contribution in [0, 0.1) is 11.3 Å². The Balaban J connectivity index is 1.93. The Kier molecular flexibility index (Phi) is 4.60. The van der Waals surface area contributed by atoms with E-state index in [4.69, 9.17) is 5.26 Å². The molecule has 7 heteroatoms. The molecular formula is C14H17N3O3S. The van der Waals surface area contributed by atoms with Gasteiger partial charge in [0, 0.05) is 6.04 Å². The van der Waals surface area contributed by atoms with E-state index in [1.165, 1.54) is 6.92 Å². The third kappa shape index (κ3) is 4.85. The molecule has 0 spiro atoms. The number of carbonyl (C=O) groups is 1. The molecule has 0 aliphatic heterocycles. The zero-order chi connectivity index (χ0) is 15.5. The van der Waals surface area contributed by atoms with E-state index < -0.39 is 16.1 Å². The van der Waals surface area contributed by atoms with Gasteiger partial charge in [0.2, 0.25) is 15.9 Å². The molecule has 1 atom stereocenters. The Bertz CT molecular complexity index is 658. The molecule has 1 aromatic rings. The van der Waals surface area contributed by atoms with E-state index in [-0.39, 0.29) is 17.7 Å². The van der Waals surface area contributed by atoms with Gasteiger partial charge in [-0.3, -0.25) is 4.79 Å². The smallest absolute Gasteiger partial charge is 0.238 e. The van der Waals surface area contributed by atoms with Gasteiger partial charge in [-0.15, -0.1) is 0 Å². The van der Waals surface area contributed by atoms with Crippen LogP contribution in [0.25, 0.3) is 0 Å². The number of hydrogen-bond donors (Lipinski definition) is 2. The van der Waals surface area contributed by atoms with Crippen LogP contribution in [0.15, 0.2) is 24.3 Å². The van der Waals surface area contributed by atoms with E-state index in [1.807, 2.05) is 6.07 Å². The van der Waals surface area contributed by atoms with Crippen LogP contribution in [0.4, 0.5) is 0 Å². The molecule has 0 bridgehead atoms. The van der Waals surface area contributed by atoms with Gasteiger partial charge in [0.15, 0.2) is 0 Å². The van der Waals surface area contributed by atoms with Crippen LogP contribution < -0.4 is 10.0 Å². The lowest BCUT2D eigenvalue weighted by Gasteiger charge is -2.14. The normalized spacial score (nSPS) is 16.0. The molecule has 21 heavy (non-hydrogen) atoms. The van der Waals surface area contributed by atoms with Crippen molar-refractivity contribution in [3.8, 4) is 6.07 Å². The molecule has 1 amide bonds. The first-order valence-electron chi connectivity index (χ1n) is 6.69. The minimum atomic E-state index is -3.61. The average Bonchev–Trinajstić information content (AvgIpc) is 3.22. The maximum Gasteiger partial charge on any atom is 0.238 e. The Morgan fingerprint density at radius 2 is 2.00 bits per heavy atom. The highest BCUT2D eigenvalue weighted by molar-refractivity contribution is 7.88. The summed E-state index contributed by atoms with van der Waals surface area (Å²) in [7, 11) is -3.61. The summed E-state index contributed by atoms with van der Waals surface area (Å²) in [5.41, 5.74) is 1.04. The van der Waals surface area contributed by atoms with Crippen molar-refractivity contribution in [2.45, 2.75) is 37.6 Å². The first kappa shape index (κ1) is 15.5. The minimum absolute atomic E-state index is 0.197. The second-order valence-electron chi connectivity index (χ2n) is 5.19. The molecule has 1 aromatic carbocycles. The van der Waals surface area contributed by atoms with Crippen LogP contribution in [0.5, 0.6) is 0 Å². The molecule has 6 nitrogen and oxygen atoms in total. The topological polar surface area (TPSA) is 99.1 Å². The van der Waals surface area contributed by atoms with Gasteiger partial charge in [0.1, 0.15) is 0 Å². The number of rotatable bonds is 6. The van der Waals surface area contributed by atoms with Crippen LogP contribution in [-0.2, 0) is 20.6 Å². The van der Waals surface area contributed by atoms with E-state index in [0.717, 1.165) is 12.8 Å². The highest BCUT2D eigenvalue weighted by Gasteiger charge is 2.27. The number of nitriles is 1. The van der Waals surface area contributed by atoms with Crippen LogP contribution in [0.2, 0.25) is 0 Å². The van der Waals surface area contributed by atoms with Crippen molar-refractivity contribution in [1.29, 1.82) is 5.26 Å². The fraction of sp³-hybridized carbons (Fsp3) is 0.429. The molecule has 1 unspecified atom stereocenters. The van der Waals surface area contributed by atoms with Gasteiger partial charge in [-0.2, -0.15) is 5.26 Å². The average molecular weight is 307 g/mol. The first-order valence-corrected chi connectivity index (χ1v) is 8.34. The molecule has 1 saturated carbocycles. The summed E-state index contributed by atoms with van der Waals surface area (Å²) < 4.78 is 26.4. The lowest BCUT2D eigenvalue weighted by Crippen LogP contribution is -2.45. The van der Waals surface area contributed by atoms with Crippen molar-refractivity contribution >= 4 is 15.9 Å². The lowest BCUT2D eigenvalue weighted by molar-refractivity contribution is -0.122. The highest BCUT2D eigenvalue weighted by atomic mass is 32.2. The Labute approximate surface area is 124 Å². The van der Waals surface area contributed by atoms with E-state index in [9.17, 15) is 13.2 Å². The van der Waals surface area contributed by atoms with Crippen molar-refractivity contribution in [3.05, 3.63) is 35.4 Å². The summed E-state index contributed by atoms with van der Waals surface area (Å²) in [5, 5.41) is 11.4. The second kappa shape index (κ2) is 6.24. The zero-order valence-electron chi connectivity index (χ0n) is 11.7. The van der Waals surface area contributed by atoms with Crippen molar-refractivity contribution < 1.29 is 13.2 Å². The third-order valence-corrected chi connectivity index (χ3v) is 4.54. The molecule has 1 fully saturated rings. The van der Waals surface area contributed by atoms with Crippen LogP contribution in [0.3, 0.4) is 0 Å². The van der Waals surface area contributed by atoms with Gasteiger partial charge in [-0.1, -0.05) is 12.1 Å². The molecule has 1 aliphatic rings. The quantitative estimate of drug-likeness (QED) is 0.806. The van der Waals surface area contributed by atoms with E-state index in [1.54, 1.807) is 24.3 Å².